The molecule has 5 rings (SSSR count). The van der Waals surface area contributed by atoms with Crippen molar-refractivity contribution in [3.63, 3.8) is 0 Å². The first-order chi connectivity index (χ1) is 20.4. The molecule has 1 aromatic heterocycles. The van der Waals surface area contributed by atoms with E-state index in [0.717, 1.165) is 22.0 Å². The number of likely N-dealkylation sites (tertiary alicyclic amines) is 2. The van der Waals surface area contributed by atoms with Gasteiger partial charge in [-0.05, 0) is 67.3 Å². The number of hydrogen-bond donors (Lipinski definition) is 3. The van der Waals surface area contributed by atoms with Gasteiger partial charge in [-0.2, -0.15) is 0 Å². The highest BCUT2D eigenvalue weighted by atomic mass is 16.5. The van der Waals surface area contributed by atoms with E-state index < -0.39 is 23.5 Å². The SMILES string of the molecule is CC1(c2ccc(OCc3ccnc4ccccc34)cc2)CCN(C(C(=O)NO)C2CCN(C(=O)O)C(C(C)(C)C)C2)C1=O. The Labute approximate surface area is 251 Å². The monoisotopic (exact) mass is 588 g/mol. The molecule has 2 fully saturated rings. The Morgan fingerprint density at radius 1 is 1.12 bits per heavy atom. The molecule has 0 saturated carbocycles. The fourth-order valence-electron chi connectivity index (χ4n) is 6.77. The summed E-state index contributed by atoms with van der Waals surface area (Å²) in [7, 11) is 0. The van der Waals surface area contributed by atoms with Gasteiger partial charge in [0.25, 0.3) is 5.91 Å². The third-order valence-electron chi connectivity index (χ3n) is 9.26. The minimum absolute atomic E-state index is 0.189. The molecule has 10 heteroatoms. The Bertz CT molecular complexity index is 1500. The predicted molar refractivity (Wildman–Crippen MR) is 161 cm³/mol. The van der Waals surface area contributed by atoms with E-state index in [1.54, 1.807) is 16.6 Å². The summed E-state index contributed by atoms with van der Waals surface area (Å²) in [5.41, 5.74) is 3.30. The largest absolute Gasteiger partial charge is 0.489 e. The molecule has 10 nitrogen and oxygen atoms in total. The molecule has 4 unspecified atom stereocenters. The average Bonchev–Trinajstić information content (AvgIpc) is 3.30. The maximum atomic E-state index is 14.0. The van der Waals surface area contributed by atoms with Crippen molar-refractivity contribution < 1.29 is 29.4 Å². The topological polar surface area (TPSA) is 132 Å². The molecule has 43 heavy (non-hydrogen) atoms. The number of amides is 3. The quantitative estimate of drug-likeness (QED) is 0.262. The highest BCUT2D eigenvalue weighted by Crippen LogP contribution is 2.42. The Morgan fingerprint density at radius 2 is 1.84 bits per heavy atom. The first-order valence-electron chi connectivity index (χ1n) is 14.7. The molecule has 228 valence electrons. The Hall–Kier alpha value is -4.18. The van der Waals surface area contributed by atoms with Crippen molar-refractivity contribution in [2.45, 2.75) is 71.1 Å². The van der Waals surface area contributed by atoms with Gasteiger partial charge in [-0.3, -0.25) is 19.8 Å². The van der Waals surface area contributed by atoms with Crippen LogP contribution in [-0.2, 0) is 21.6 Å². The number of pyridine rings is 1. The summed E-state index contributed by atoms with van der Waals surface area (Å²) in [5.74, 6) is -0.470. The molecule has 0 radical (unpaired) electrons. The van der Waals surface area contributed by atoms with Crippen molar-refractivity contribution in [2.24, 2.45) is 11.3 Å². The van der Waals surface area contributed by atoms with Gasteiger partial charge in [-0.25, -0.2) is 10.3 Å². The minimum Gasteiger partial charge on any atom is -0.489 e. The average molecular weight is 589 g/mol. The zero-order chi connectivity index (χ0) is 30.9. The van der Waals surface area contributed by atoms with Crippen LogP contribution in [0, 0.1) is 11.3 Å². The number of nitrogens with zero attached hydrogens (tertiary/aromatic N) is 3. The summed E-state index contributed by atoms with van der Waals surface area (Å²) in [5, 5.41) is 20.5. The van der Waals surface area contributed by atoms with Crippen LogP contribution in [0.5, 0.6) is 5.75 Å². The number of carbonyl (C=O) groups excluding carboxylic acids is 2. The molecule has 3 heterocycles. The van der Waals surface area contributed by atoms with Crippen LogP contribution in [0.25, 0.3) is 10.9 Å². The molecular weight excluding hydrogens is 548 g/mol. The lowest BCUT2D eigenvalue weighted by molar-refractivity contribution is -0.147. The van der Waals surface area contributed by atoms with Gasteiger partial charge in [0.15, 0.2) is 0 Å². The number of carboxylic acid groups (broad SMARTS) is 1. The van der Waals surface area contributed by atoms with Gasteiger partial charge in [0, 0.05) is 36.3 Å². The lowest BCUT2D eigenvalue weighted by atomic mass is 9.74. The second-order valence-corrected chi connectivity index (χ2v) is 12.9. The highest BCUT2D eigenvalue weighted by molar-refractivity contribution is 5.94. The van der Waals surface area contributed by atoms with Crippen LogP contribution >= 0.6 is 0 Å². The van der Waals surface area contributed by atoms with Crippen molar-refractivity contribution in [3.05, 3.63) is 71.9 Å². The summed E-state index contributed by atoms with van der Waals surface area (Å²) in [6, 6.07) is 16.1. The smallest absolute Gasteiger partial charge is 0.407 e. The third-order valence-corrected chi connectivity index (χ3v) is 9.26. The van der Waals surface area contributed by atoms with E-state index in [0.29, 0.717) is 38.2 Å². The van der Waals surface area contributed by atoms with Crippen LogP contribution in [0.1, 0.15) is 58.1 Å². The molecule has 3 amide bonds. The van der Waals surface area contributed by atoms with Crippen LogP contribution in [0.2, 0.25) is 0 Å². The van der Waals surface area contributed by atoms with Gasteiger partial charge in [-0.1, -0.05) is 51.1 Å². The molecule has 2 aliphatic heterocycles. The summed E-state index contributed by atoms with van der Waals surface area (Å²) in [4.78, 5) is 46.5. The normalized spacial score (nSPS) is 23.3. The summed E-state index contributed by atoms with van der Waals surface area (Å²) in [6.45, 7) is 8.78. The van der Waals surface area contributed by atoms with Gasteiger partial charge in [0.1, 0.15) is 18.4 Å². The van der Waals surface area contributed by atoms with Crippen molar-refractivity contribution in [3.8, 4) is 5.75 Å². The standard InChI is InChI=1S/C33H40N4O6/c1-32(2,3)27-19-21(14-17-36(27)31(40)41)28(29(38)35-42)37-18-15-33(4,30(37)39)23-9-11-24(12-10-23)43-20-22-13-16-34-26-8-6-5-7-25(22)26/h5-13,16,21,27-28,42H,14-15,17-20H2,1-4H3,(H,35,38)(H,40,41). The number of para-hydroxylation sites is 1. The Balaban J connectivity index is 1.32. The second-order valence-electron chi connectivity index (χ2n) is 12.9. The zero-order valence-corrected chi connectivity index (χ0v) is 25.1. The molecule has 3 aromatic rings. The number of carbonyl (C=O) groups is 3. The van der Waals surface area contributed by atoms with E-state index in [4.69, 9.17) is 4.74 Å². The van der Waals surface area contributed by atoms with E-state index in [1.165, 1.54) is 4.90 Å². The van der Waals surface area contributed by atoms with E-state index in [2.05, 4.69) is 4.98 Å². The number of nitrogens with one attached hydrogen (secondary N) is 1. The second kappa shape index (κ2) is 11.8. The Morgan fingerprint density at radius 3 is 2.51 bits per heavy atom. The van der Waals surface area contributed by atoms with Gasteiger partial charge >= 0.3 is 6.09 Å². The molecule has 4 atom stereocenters. The van der Waals surface area contributed by atoms with Gasteiger partial charge in [0.05, 0.1) is 10.9 Å². The fraction of sp³-hybridized carbons (Fsp3) is 0.455. The summed E-state index contributed by atoms with van der Waals surface area (Å²) >= 11 is 0. The molecule has 3 N–H and O–H groups in total. The number of hydrogen-bond acceptors (Lipinski definition) is 6. The van der Waals surface area contributed by atoms with Gasteiger partial charge in [-0.15, -0.1) is 0 Å². The first-order valence-corrected chi connectivity index (χ1v) is 14.7. The molecule has 2 aromatic carbocycles. The number of aromatic nitrogens is 1. The number of fused-ring (bicyclic) bond motifs is 1. The van der Waals surface area contributed by atoms with E-state index in [-0.39, 0.29) is 29.8 Å². The summed E-state index contributed by atoms with van der Waals surface area (Å²) < 4.78 is 6.08. The Kier molecular flexibility index (Phi) is 8.34. The molecule has 0 aliphatic carbocycles. The third kappa shape index (κ3) is 5.88. The van der Waals surface area contributed by atoms with Crippen molar-refractivity contribution in [1.29, 1.82) is 0 Å². The van der Waals surface area contributed by atoms with Crippen molar-refractivity contribution in [2.75, 3.05) is 13.1 Å². The van der Waals surface area contributed by atoms with E-state index >= 15 is 0 Å². The van der Waals surface area contributed by atoms with Gasteiger partial charge in [0.2, 0.25) is 5.91 Å². The molecular formula is C33H40N4O6. The molecule has 0 bridgehead atoms. The first kappa shape index (κ1) is 30.3. The fourth-order valence-corrected chi connectivity index (χ4v) is 6.77. The molecule has 2 saturated heterocycles. The maximum Gasteiger partial charge on any atom is 0.407 e. The maximum absolute atomic E-state index is 14.0. The number of benzene rings is 2. The van der Waals surface area contributed by atoms with E-state index in [9.17, 15) is 24.7 Å². The van der Waals surface area contributed by atoms with Crippen LogP contribution in [0.15, 0.2) is 60.8 Å². The predicted octanol–water partition coefficient (Wildman–Crippen LogP) is 4.98. The molecule has 2 aliphatic rings. The van der Waals surface area contributed by atoms with Crippen LogP contribution in [0.4, 0.5) is 4.79 Å². The summed E-state index contributed by atoms with van der Waals surface area (Å²) in [6.07, 6.45) is 2.10. The minimum atomic E-state index is -0.993. The zero-order valence-electron chi connectivity index (χ0n) is 25.1. The van der Waals surface area contributed by atoms with E-state index in [1.807, 2.05) is 82.3 Å². The number of ether oxygens (including phenoxy) is 1. The lowest BCUT2D eigenvalue weighted by Gasteiger charge is -2.47. The number of piperidine rings is 1. The lowest BCUT2D eigenvalue weighted by Crippen LogP contribution is -2.58. The van der Waals surface area contributed by atoms with Crippen LogP contribution in [-0.4, -0.2) is 68.2 Å². The van der Waals surface area contributed by atoms with Crippen LogP contribution < -0.4 is 10.2 Å². The van der Waals surface area contributed by atoms with Gasteiger partial charge < -0.3 is 19.6 Å². The molecule has 0 spiro atoms. The number of hydroxylamine groups is 1. The van der Waals surface area contributed by atoms with Crippen molar-refractivity contribution >= 4 is 28.8 Å². The number of rotatable bonds is 7. The highest BCUT2D eigenvalue weighted by Gasteiger charge is 2.51. The van der Waals surface area contributed by atoms with Crippen LogP contribution in [0.3, 0.4) is 0 Å². The van der Waals surface area contributed by atoms with Crippen molar-refractivity contribution in [1.82, 2.24) is 20.3 Å².